The molecule has 0 saturated heterocycles. The van der Waals surface area contributed by atoms with Gasteiger partial charge in [-0.05, 0) is 54.7 Å². The second-order valence-electron chi connectivity index (χ2n) is 2.59. The molecule has 1 aromatic heterocycles. The first-order valence-electron chi connectivity index (χ1n) is 3.72. The van der Waals surface area contributed by atoms with Gasteiger partial charge in [0.2, 0.25) is 0 Å². The van der Waals surface area contributed by atoms with Gasteiger partial charge in [0.1, 0.15) is 21.5 Å². The summed E-state index contributed by atoms with van der Waals surface area (Å²) in [5.74, 6) is 0. The third-order valence-electron chi connectivity index (χ3n) is 1.85. The number of hydrogen-bond acceptors (Lipinski definition) is 2. The molecule has 14 heavy (non-hydrogen) atoms. The van der Waals surface area contributed by atoms with Crippen molar-refractivity contribution in [3.8, 4) is 6.07 Å². The number of methoxy groups -OCH3 is 1. The van der Waals surface area contributed by atoms with E-state index in [1.165, 1.54) is 0 Å². The Hall–Kier alpha value is 0.170. The average molecular weight is 387 g/mol. The van der Waals surface area contributed by atoms with Crippen molar-refractivity contribution in [2.24, 2.45) is 0 Å². The molecule has 3 nitrogen and oxygen atoms in total. The molecule has 6 heteroatoms. The van der Waals surface area contributed by atoms with Crippen molar-refractivity contribution in [2.45, 2.75) is 13.2 Å². The van der Waals surface area contributed by atoms with Crippen molar-refractivity contribution in [2.75, 3.05) is 7.11 Å². The summed E-state index contributed by atoms with van der Waals surface area (Å²) >= 11 is 10.1. The highest BCUT2D eigenvalue weighted by Gasteiger charge is 2.20. The third kappa shape index (κ3) is 1.91. The van der Waals surface area contributed by atoms with Crippen LogP contribution in [0.5, 0.6) is 0 Å². The highest BCUT2D eigenvalue weighted by atomic mass is 79.9. The number of nitrogens with zero attached hydrogens (tertiary/aromatic N) is 2. The highest BCUT2D eigenvalue weighted by Crippen LogP contribution is 2.37. The largest absolute Gasteiger partial charge is 0.362 e. The molecular formula is C8H7Br3N2O. The molecule has 0 aliphatic rings. The summed E-state index contributed by atoms with van der Waals surface area (Å²) in [6.45, 7) is 1.89. The van der Waals surface area contributed by atoms with Crippen molar-refractivity contribution >= 4 is 47.8 Å². The molecule has 1 unspecified atom stereocenters. The lowest BCUT2D eigenvalue weighted by molar-refractivity contribution is 0.0572. The highest BCUT2D eigenvalue weighted by molar-refractivity contribution is 9.13. The SMILES string of the molecule is COC(C)n1c(Br)c(Br)c(C#N)c1Br. The van der Waals surface area contributed by atoms with Crippen LogP contribution in [0.1, 0.15) is 18.7 Å². The van der Waals surface area contributed by atoms with E-state index in [0.29, 0.717) is 10.2 Å². The fourth-order valence-electron chi connectivity index (χ4n) is 1.03. The average Bonchev–Trinajstić information content (AvgIpc) is 2.38. The lowest BCUT2D eigenvalue weighted by atomic mass is 10.4. The molecule has 0 saturated carbocycles. The molecule has 0 N–H and O–H groups in total. The fraction of sp³-hybridized carbons (Fsp3) is 0.375. The van der Waals surface area contributed by atoms with Crippen molar-refractivity contribution in [1.29, 1.82) is 5.26 Å². The van der Waals surface area contributed by atoms with Gasteiger partial charge in [0.05, 0.1) is 10.0 Å². The van der Waals surface area contributed by atoms with Crippen LogP contribution in [0.2, 0.25) is 0 Å². The molecule has 0 radical (unpaired) electrons. The zero-order valence-electron chi connectivity index (χ0n) is 7.51. The molecule has 0 aliphatic heterocycles. The predicted octanol–water partition coefficient (Wildman–Crippen LogP) is 3.81. The number of hydrogen-bond donors (Lipinski definition) is 0. The monoisotopic (exact) mass is 384 g/mol. The van der Waals surface area contributed by atoms with Crippen LogP contribution in [0.3, 0.4) is 0 Å². The predicted molar refractivity (Wildman–Crippen MR) is 64.0 cm³/mol. The number of aromatic nitrogens is 1. The van der Waals surface area contributed by atoms with Crippen LogP contribution >= 0.6 is 47.8 Å². The first kappa shape index (κ1) is 12.2. The molecule has 0 aromatic carbocycles. The van der Waals surface area contributed by atoms with E-state index >= 15 is 0 Å². The molecule has 1 atom stereocenters. The summed E-state index contributed by atoms with van der Waals surface area (Å²) in [5.41, 5.74) is 0.556. The lowest BCUT2D eigenvalue weighted by Gasteiger charge is -2.14. The Morgan fingerprint density at radius 2 is 1.93 bits per heavy atom. The van der Waals surface area contributed by atoms with Gasteiger partial charge in [-0.1, -0.05) is 0 Å². The summed E-state index contributed by atoms with van der Waals surface area (Å²) in [7, 11) is 1.61. The summed E-state index contributed by atoms with van der Waals surface area (Å²) in [5, 5.41) is 8.91. The topological polar surface area (TPSA) is 38.0 Å². The van der Waals surface area contributed by atoms with Crippen LogP contribution in [0, 0.1) is 11.3 Å². The fourth-order valence-corrected chi connectivity index (χ4v) is 3.41. The molecule has 0 fully saturated rings. The van der Waals surface area contributed by atoms with E-state index in [2.05, 4.69) is 53.9 Å². The van der Waals surface area contributed by atoms with E-state index < -0.39 is 0 Å². The van der Waals surface area contributed by atoms with Crippen LogP contribution in [0.4, 0.5) is 0 Å². The van der Waals surface area contributed by atoms with Crippen molar-refractivity contribution in [1.82, 2.24) is 4.57 Å². The van der Waals surface area contributed by atoms with Gasteiger partial charge < -0.3 is 9.30 Å². The van der Waals surface area contributed by atoms with E-state index in [0.717, 1.165) is 9.08 Å². The minimum absolute atomic E-state index is 0.142. The second-order valence-corrected chi connectivity index (χ2v) is 4.88. The minimum atomic E-state index is -0.142. The minimum Gasteiger partial charge on any atom is -0.362 e. The van der Waals surface area contributed by atoms with E-state index in [4.69, 9.17) is 10.00 Å². The van der Waals surface area contributed by atoms with Crippen molar-refractivity contribution < 1.29 is 4.74 Å². The Kier molecular flexibility index (Phi) is 4.19. The van der Waals surface area contributed by atoms with Gasteiger partial charge in [-0.15, -0.1) is 0 Å². The Balaban J connectivity index is 3.39. The van der Waals surface area contributed by atoms with Crippen LogP contribution in [0.25, 0.3) is 0 Å². The van der Waals surface area contributed by atoms with Gasteiger partial charge in [0.15, 0.2) is 0 Å². The summed E-state index contributed by atoms with van der Waals surface area (Å²) in [6.07, 6.45) is -0.142. The first-order chi connectivity index (χ1) is 6.54. The third-order valence-corrected chi connectivity index (χ3v) is 4.71. The van der Waals surface area contributed by atoms with Gasteiger partial charge >= 0.3 is 0 Å². The van der Waals surface area contributed by atoms with Gasteiger partial charge in [0.25, 0.3) is 0 Å². The van der Waals surface area contributed by atoms with Crippen LogP contribution in [0.15, 0.2) is 13.7 Å². The number of ether oxygens (including phenoxy) is 1. The Morgan fingerprint density at radius 1 is 1.36 bits per heavy atom. The molecule has 1 aromatic rings. The Morgan fingerprint density at radius 3 is 2.29 bits per heavy atom. The lowest BCUT2D eigenvalue weighted by Crippen LogP contribution is -2.07. The van der Waals surface area contributed by atoms with Crippen molar-refractivity contribution in [3.63, 3.8) is 0 Å². The maximum absolute atomic E-state index is 8.91. The molecule has 76 valence electrons. The summed E-state index contributed by atoms with van der Waals surface area (Å²) in [4.78, 5) is 0. The van der Waals surface area contributed by atoms with Crippen LogP contribution < -0.4 is 0 Å². The van der Waals surface area contributed by atoms with E-state index in [1.54, 1.807) is 7.11 Å². The maximum Gasteiger partial charge on any atom is 0.132 e. The Bertz CT molecular complexity index is 394. The van der Waals surface area contributed by atoms with E-state index in [-0.39, 0.29) is 6.23 Å². The van der Waals surface area contributed by atoms with Gasteiger partial charge in [-0.2, -0.15) is 5.26 Å². The first-order valence-corrected chi connectivity index (χ1v) is 6.10. The molecule has 1 heterocycles. The molecule has 1 rings (SSSR count). The summed E-state index contributed by atoms with van der Waals surface area (Å²) in [6, 6.07) is 2.10. The van der Waals surface area contributed by atoms with Gasteiger partial charge in [0, 0.05) is 7.11 Å². The van der Waals surface area contributed by atoms with E-state index in [1.807, 2.05) is 11.5 Å². The number of rotatable bonds is 2. The summed E-state index contributed by atoms with van der Waals surface area (Å²) < 4.78 is 9.24. The smallest absolute Gasteiger partial charge is 0.132 e. The molecule has 0 bridgehead atoms. The number of nitriles is 1. The van der Waals surface area contributed by atoms with Gasteiger partial charge in [-0.3, -0.25) is 0 Å². The molecule has 0 aliphatic carbocycles. The molecular weight excluding hydrogens is 380 g/mol. The zero-order chi connectivity index (χ0) is 10.9. The van der Waals surface area contributed by atoms with Crippen LogP contribution in [-0.4, -0.2) is 11.7 Å². The van der Waals surface area contributed by atoms with E-state index in [9.17, 15) is 0 Å². The van der Waals surface area contributed by atoms with Gasteiger partial charge in [-0.25, -0.2) is 0 Å². The standard InChI is InChI=1S/C8H7Br3N2O/c1-4(14-2)13-7(10)5(3-12)6(9)8(13)11/h4H,1-2H3. The molecule has 0 spiro atoms. The Labute approximate surface area is 107 Å². The normalized spacial score (nSPS) is 12.6. The van der Waals surface area contributed by atoms with Crippen LogP contribution in [-0.2, 0) is 4.74 Å². The quantitative estimate of drug-likeness (QED) is 0.775. The second kappa shape index (κ2) is 4.79. The molecule has 0 amide bonds. The number of halogens is 3. The van der Waals surface area contributed by atoms with Crippen molar-refractivity contribution in [3.05, 3.63) is 19.2 Å². The zero-order valence-corrected chi connectivity index (χ0v) is 12.3. The maximum atomic E-state index is 8.91.